The number of para-hydroxylation sites is 1. The number of carbonyl (C=O) groups excluding carboxylic acids is 1. The fourth-order valence-electron chi connectivity index (χ4n) is 2.60. The third-order valence-corrected chi connectivity index (χ3v) is 3.93. The summed E-state index contributed by atoms with van der Waals surface area (Å²) < 4.78 is 1.95. The van der Waals surface area contributed by atoms with Crippen molar-refractivity contribution in [2.24, 2.45) is 0 Å². The van der Waals surface area contributed by atoms with Gasteiger partial charge in [0.15, 0.2) is 0 Å². The molecule has 1 heterocycles. The quantitative estimate of drug-likeness (QED) is 0.851. The average molecular weight is 314 g/mol. The Labute approximate surface area is 138 Å². The van der Waals surface area contributed by atoms with Crippen molar-refractivity contribution < 1.29 is 4.79 Å². The van der Waals surface area contributed by atoms with Crippen molar-refractivity contribution in [3.8, 4) is 5.69 Å². The van der Waals surface area contributed by atoms with Gasteiger partial charge in [0.05, 0.1) is 11.4 Å². The lowest BCUT2D eigenvalue weighted by atomic mass is 10.1. The number of aryl methyl sites for hydroxylation is 1. The first kappa shape index (κ1) is 17.2. The van der Waals surface area contributed by atoms with Crippen molar-refractivity contribution >= 4 is 5.91 Å². The molecule has 0 aliphatic heterocycles. The lowest BCUT2D eigenvalue weighted by Crippen LogP contribution is -2.31. The second-order valence-electron chi connectivity index (χ2n) is 6.05. The van der Waals surface area contributed by atoms with Crippen LogP contribution < -0.4 is 5.32 Å². The molecule has 0 saturated heterocycles. The Kier molecular flexibility index (Phi) is 5.93. The minimum Gasteiger partial charge on any atom is -0.355 e. The molecule has 0 aliphatic rings. The zero-order valence-electron chi connectivity index (χ0n) is 14.5. The van der Waals surface area contributed by atoms with E-state index in [1.807, 2.05) is 56.0 Å². The maximum Gasteiger partial charge on any atom is 0.220 e. The van der Waals surface area contributed by atoms with Crippen LogP contribution in [0.25, 0.3) is 5.69 Å². The highest BCUT2D eigenvalue weighted by Crippen LogP contribution is 2.19. The highest BCUT2D eigenvalue weighted by Gasteiger charge is 2.13. The second kappa shape index (κ2) is 7.92. The zero-order valence-corrected chi connectivity index (χ0v) is 14.5. The van der Waals surface area contributed by atoms with Gasteiger partial charge >= 0.3 is 0 Å². The minimum atomic E-state index is 0.0955. The SMILES string of the molecule is Cc1nn(-c2ccccc2)c(C)c1CCC(=O)NCCN(C)C. The van der Waals surface area contributed by atoms with Crippen molar-refractivity contribution in [3.05, 3.63) is 47.3 Å². The van der Waals surface area contributed by atoms with Gasteiger partial charge in [0.1, 0.15) is 0 Å². The van der Waals surface area contributed by atoms with Gasteiger partial charge in [0.2, 0.25) is 5.91 Å². The van der Waals surface area contributed by atoms with Crippen LogP contribution in [0.2, 0.25) is 0 Å². The molecule has 0 unspecified atom stereocenters. The van der Waals surface area contributed by atoms with Gasteiger partial charge in [-0.25, -0.2) is 4.68 Å². The molecule has 1 N–H and O–H groups in total. The van der Waals surface area contributed by atoms with E-state index in [0.29, 0.717) is 13.0 Å². The van der Waals surface area contributed by atoms with Gasteiger partial charge < -0.3 is 10.2 Å². The van der Waals surface area contributed by atoms with Gasteiger partial charge in [-0.1, -0.05) is 18.2 Å². The molecule has 1 amide bonds. The molecule has 124 valence electrons. The maximum absolute atomic E-state index is 11.9. The number of aromatic nitrogens is 2. The number of likely N-dealkylation sites (N-methyl/N-ethyl adjacent to an activating group) is 1. The number of hydrogen-bond acceptors (Lipinski definition) is 3. The fourth-order valence-corrected chi connectivity index (χ4v) is 2.60. The molecule has 0 spiro atoms. The summed E-state index contributed by atoms with van der Waals surface area (Å²) in [5.41, 5.74) is 4.31. The van der Waals surface area contributed by atoms with E-state index >= 15 is 0 Å². The van der Waals surface area contributed by atoms with Crippen molar-refractivity contribution in [2.45, 2.75) is 26.7 Å². The molecular formula is C18H26N4O. The van der Waals surface area contributed by atoms with Crippen LogP contribution in [0.4, 0.5) is 0 Å². The van der Waals surface area contributed by atoms with Crippen molar-refractivity contribution in [2.75, 3.05) is 27.2 Å². The third-order valence-electron chi connectivity index (χ3n) is 3.93. The molecule has 5 heteroatoms. The smallest absolute Gasteiger partial charge is 0.220 e. The topological polar surface area (TPSA) is 50.2 Å². The molecule has 0 atom stereocenters. The second-order valence-corrected chi connectivity index (χ2v) is 6.05. The number of hydrogen-bond donors (Lipinski definition) is 1. The largest absolute Gasteiger partial charge is 0.355 e. The van der Waals surface area contributed by atoms with Crippen LogP contribution in [0.1, 0.15) is 23.4 Å². The average Bonchev–Trinajstić information content (AvgIpc) is 2.80. The van der Waals surface area contributed by atoms with Gasteiger partial charge in [-0.2, -0.15) is 5.10 Å². The third kappa shape index (κ3) is 4.66. The van der Waals surface area contributed by atoms with E-state index in [1.54, 1.807) is 0 Å². The van der Waals surface area contributed by atoms with E-state index in [0.717, 1.165) is 35.6 Å². The summed E-state index contributed by atoms with van der Waals surface area (Å²) in [6.07, 6.45) is 1.22. The van der Waals surface area contributed by atoms with Crippen molar-refractivity contribution in [1.82, 2.24) is 20.0 Å². The van der Waals surface area contributed by atoms with Crippen LogP contribution in [0.15, 0.2) is 30.3 Å². The molecule has 1 aromatic heterocycles. The van der Waals surface area contributed by atoms with E-state index in [1.165, 1.54) is 0 Å². The lowest BCUT2D eigenvalue weighted by molar-refractivity contribution is -0.121. The van der Waals surface area contributed by atoms with E-state index in [-0.39, 0.29) is 5.91 Å². The van der Waals surface area contributed by atoms with Gasteiger partial charge in [0.25, 0.3) is 0 Å². The Morgan fingerprint density at radius 2 is 1.91 bits per heavy atom. The first-order valence-electron chi connectivity index (χ1n) is 8.01. The molecule has 0 aliphatic carbocycles. The summed E-state index contributed by atoms with van der Waals surface area (Å²) in [4.78, 5) is 14.0. The predicted molar refractivity (Wildman–Crippen MR) is 92.9 cm³/mol. The van der Waals surface area contributed by atoms with E-state index < -0.39 is 0 Å². The molecule has 5 nitrogen and oxygen atoms in total. The van der Waals surface area contributed by atoms with Crippen LogP contribution in [0, 0.1) is 13.8 Å². The number of benzene rings is 1. The Balaban J connectivity index is 1.99. The standard InChI is InChI=1S/C18H26N4O/c1-14-17(10-11-18(23)19-12-13-21(3)4)15(2)22(20-14)16-8-6-5-7-9-16/h5-9H,10-13H2,1-4H3,(H,19,23). The molecule has 0 radical (unpaired) electrons. The molecule has 0 saturated carbocycles. The maximum atomic E-state index is 11.9. The Hall–Kier alpha value is -2.14. The first-order valence-corrected chi connectivity index (χ1v) is 8.01. The summed E-state index contributed by atoms with van der Waals surface area (Å²) in [6, 6.07) is 10.1. The molecule has 0 fully saturated rings. The van der Waals surface area contributed by atoms with Gasteiger partial charge in [0, 0.05) is 25.2 Å². The van der Waals surface area contributed by atoms with Crippen LogP contribution in [-0.4, -0.2) is 47.8 Å². The van der Waals surface area contributed by atoms with E-state index in [9.17, 15) is 4.79 Å². The molecule has 2 aromatic rings. The van der Waals surface area contributed by atoms with E-state index in [4.69, 9.17) is 0 Å². The van der Waals surface area contributed by atoms with Gasteiger partial charge in [-0.3, -0.25) is 4.79 Å². The van der Waals surface area contributed by atoms with E-state index in [2.05, 4.69) is 22.2 Å². The highest BCUT2D eigenvalue weighted by atomic mass is 16.1. The summed E-state index contributed by atoms with van der Waals surface area (Å²) in [5.74, 6) is 0.0955. The van der Waals surface area contributed by atoms with Crippen molar-refractivity contribution in [3.63, 3.8) is 0 Å². The molecule has 0 bridgehead atoms. The first-order chi connectivity index (χ1) is 11.0. The van der Waals surface area contributed by atoms with Crippen LogP contribution in [0.5, 0.6) is 0 Å². The monoisotopic (exact) mass is 314 g/mol. The molecule has 23 heavy (non-hydrogen) atoms. The normalized spacial score (nSPS) is 11.0. The number of carbonyl (C=O) groups is 1. The fraction of sp³-hybridized carbons (Fsp3) is 0.444. The number of rotatable bonds is 7. The van der Waals surface area contributed by atoms with Gasteiger partial charge in [-0.15, -0.1) is 0 Å². The summed E-state index contributed by atoms with van der Waals surface area (Å²) >= 11 is 0. The summed E-state index contributed by atoms with van der Waals surface area (Å²) in [5, 5.41) is 7.58. The van der Waals surface area contributed by atoms with Crippen LogP contribution in [0.3, 0.4) is 0 Å². The van der Waals surface area contributed by atoms with Crippen LogP contribution in [-0.2, 0) is 11.2 Å². The van der Waals surface area contributed by atoms with Crippen molar-refractivity contribution in [1.29, 1.82) is 0 Å². The lowest BCUT2D eigenvalue weighted by Gasteiger charge is -2.10. The minimum absolute atomic E-state index is 0.0955. The highest BCUT2D eigenvalue weighted by molar-refractivity contribution is 5.76. The molecule has 1 aromatic carbocycles. The van der Waals surface area contributed by atoms with Crippen LogP contribution >= 0.6 is 0 Å². The molecular weight excluding hydrogens is 288 g/mol. The Morgan fingerprint density at radius 3 is 2.57 bits per heavy atom. The zero-order chi connectivity index (χ0) is 16.8. The molecule has 2 rings (SSSR count). The van der Waals surface area contributed by atoms with Gasteiger partial charge in [-0.05, 0) is 52.1 Å². The number of amides is 1. The number of nitrogens with one attached hydrogen (secondary N) is 1. The number of nitrogens with zero attached hydrogens (tertiary/aromatic N) is 3. The summed E-state index contributed by atoms with van der Waals surface area (Å²) in [6.45, 7) is 5.61. The Morgan fingerprint density at radius 1 is 1.22 bits per heavy atom. The summed E-state index contributed by atoms with van der Waals surface area (Å²) in [7, 11) is 3.99. The predicted octanol–water partition coefficient (Wildman–Crippen LogP) is 2.10. The Bertz CT molecular complexity index is 647.